The lowest BCUT2D eigenvalue weighted by Crippen LogP contribution is -2.04. The van der Waals surface area contributed by atoms with Gasteiger partial charge in [-0.15, -0.1) is 0 Å². The van der Waals surface area contributed by atoms with Crippen LogP contribution in [0, 0.1) is 12.8 Å². The van der Waals surface area contributed by atoms with E-state index in [1.165, 1.54) is 16.7 Å². The average Bonchev–Trinajstić information content (AvgIpc) is 2.44. The number of benzene rings is 1. The van der Waals surface area contributed by atoms with Crippen LogP contribution in [0.2, 0.25) is 0 Å². The molecule has 1 aromatic rings. The third-order valence-corrected chi connectivity index (χ3v) is 2.94. The van der Waals surface area contributed by atoms with E-state index in [1.807, 2.05) is 0 Å². The second-order valence-corrected chi connectivity index (χ2v) is 4.58. The molecule has 0 bridgehead atoms. The maximum absolute atomic E-state index is 5.95. The third kappa shape index (κ3) is 1.46. The molecule has 2 unspecified atom stereocenters. The van der Waals surface area contributed by atoms with Crippen molar-refractivity contribution in [2.75, 3.05) is 0 Å². The summed E-state index contributed by atoms with van der Waals surface area (Å²) in [6, 6.07) is 6.65. The van der Waals surface area contributed by atoms with Gasteiger partial charge in [-0.25, -0.2) is 0 Å². The van der Waals surface area contributed by atoms with Gasteiger partial charge in [0.2, 0.25) is 0 Å². The van der Waals surface area contributed by atoms with Gasteiger partial charge in [-0.3, -0.25) is 0 Å². The minimum absolute atomic E-state index is 0.261. The molecular weight excluding hydrogens is 172 g/mol. The lowest BCUT2D eigenvalue weighted by Gasteiger charge is -2.15. The maximum Gasteiger partial charge on any atom is 0.0859 e. The Balaban J connectivity index is 2.44. The molecule has 0 aromatic heterocycles. The summed E-state index contributed by atoms with van der Waals surface area (Å²) in [6.45, 7) is 8.70. The van der Waals surface area contributed by atoms with Crippen LogP contribution in [0.5, 0.6) is 0 Å². The first-order valence-electron chi connectivity index (χ1n) is 5.35. The smallest absolute Gasteiger partial charge is 0.0859 e. The van der Waals surface area contributed by atoms with Gasteiger partial charge < -0.3 is 4.74 Å². The minimum atomic E-state index is 0.261. The largest absolute Gasteiger partial charge is 0.366 e. The number of hydrogen-bond donors (Lipinski definition) is 0. The Morgan fingerprint density at radius 1 is 1.21 bits per heavy atom. The highest BCUT2D eigenvalue weighted by atomic mass is 16.5. The lowest BCUT2D eigenvalue weighted by atomic mass is 9.95. The second kappa shape index (κ2) is 3.39. The Morgan fingerprint density at radius 3 is 2.57 bits per heavy atom. The van der Waals surface area contributed by atoms with Crippen molar-refractivity contribution in [3.8, 4) is 0 Å². The fraction of sp³-hybridized carbons (Fsp3) is 0.538. The standard InChI is InChI=1S/C13H18O/c1-8(2)13-11-6-5-9(3)7-12(11)10(4)14-13/h5-8,10,13H,1-4H3. The summed E-state index contributed by atoms with van der Waals surface area (Å²) in [4.78, 5) is 0. The zero-order valence-corrected chi connectivity index (χ0v) is 9.37. The summed E-state index contributed by atoms with van der Waals surface area (Å²) >= 11 is 0. The molecule has 1 aliphatic heterocycles. The SMILES string of the molecule is Cc1ccc2c(c1)C(C)OC2C(C)C. The topological polar surface area (TPSA) is 9.23 Å². The fourth-order valence-corrected chi connectivity index (χ4v) is 2.19. The van der Waals surface area contributed by atoms with Gasteiger partial charge >= 0.3 is 0 Å². The van der Waals surface area contributed by atoms with Crippen LogP contribution in [0.15, 0.2) is 18.2 Å². The van der Waals surface area contributed by atoms with Gasteiger partial charge in [0, 0.05) is 0 Å². The first kappa shape index (κ1) is 9.72. The molecule has 1 heteroatoms. The van der Waals surface area contributed by atoms with Crippen LogP contribution in [0.4, 0.5) is 0 Å². The van der Waals surface area contributed by atoms with Crippen molar-refractivity contribution in [1.82, 2.24) is 0 Å². The van der Waals surface area contributed by atoms with E-state index in [1.54, 1.807) is 0 Å². The van der Waals surface area contributed by atoms with Gasteiger partial charge in [0.25, 0.3) is 0 Å². The van der Waals surface area contributed by atoms with Crippen LogP contribution in [-0.2, 0) is 4.74 Å². The number of hydrogen-bond acceptors (Lipinski definition) is 1. The molecule has 14 heavy (non-hydrogen) atoms. The molecule has 0 radical (unpaired) electrons. The minimum Gasteiger partial charge on any atom is -0.366 e. The molecule has 2 rings (SSSR count). The number of aryl methyl sites for hydroxylation is 1. The first-order valence-corrected chi connectivity index (χ1v) is 5.35. The Bertz CT molecular complexity index is 341. The predicted molar refractivity (Wildman–Crippen MR) is 58.3 cm³/mol. The Labute approximate surface area is 86.1 Å². The van der Waals surface area contributed by atoms with Crippen LogP contribution in [-0.4, -0.2) is 0 Å². The average molecular weight is 190 g/mol. The third-order valence-electron chi connectivity index (χ3n) is 2.94. The van der Waals surface area contributed by atoms with Crippen LogP contribution in [0.25, 0.3) is 0 Å². The monoisotopic (exact) mass is 190 g/mol. The van der Waals surface area contributed by atoms with E-state index >= 15 is 0 Å². The molecule has 0 fully saturated rings. The fourth-order valence-electron chi connectivity index (χ4n) is 2.19. The van der Waals surface area contributed by atoms with Gasteiger partial charge in [0.1, 0.15) is 0 Å². The molecule has 0 amide bonds. The van der Waals surface area contributed by atoms with Crippen molar-refractivity contribution in [2.24, 2.45) is 5.92 Å². The highest BCUT2D eigenvalue weighted by molar-refractivity contribution is 5.37. The van der Waals surface area contributed by atoms with Gasteiger partial charge in [0.15, 0.2) is 0 Å². The van der Waals surface area contributed by atoms with E-state index in [0.29, 0.717) is 12.0 Å². The van der Waals surface area contributed by atoms with Crippen molar-refractivity contribution in [1.29, 1.82) is 0 Å². The molecule has 0 N–H and O–H groups in total. The molecule has 0 saturated carbocycles. The second-order valence-electron chi connectivity index (χ2n) is 4.58. The van der Waals surface area contributed by atoms with Crippen LogP contribution in [0.3, 0.4) is 0 Å². The molecule has 1 nitrogen and oxygen atoms in total. The van der Waals surface area contributed by atoms with Crippen LogP contribution >= 0.6 is 0 Å². The van der Waals surface area contributed by atoms with Crippen LogP contribution in [0.1, 0.15) is 49.7 Å². The van der Waals surface area contributed by atoms with E-state index < -0.39 is 0 Å². The zero-order valence-electron chi connectivity index (χ0n) is 9.37. The molecule has 1 aromatic carbocycles. The normalized spacial score (nSPS) is 25.5. The Kier molecular flexibility index (Phi) is 2.36. The molecule has 0 aliphatic carbocycles. The van der Waals surface area contributed by atoms with Crippen molar-refractivity contribution in [2.45, 2.75) is 39.9 Å². The summed E-state index contributed by atoms with van der Waals surface area (Å²) < 4.78 is 5.95. The van der Waals surface area contributed by atoms with E-state index in [4.69, 9.17) is 4.74 Å². The predicted octanol–water partition coefficient (Wildman–Crippen LogP) is 3.78. The molecule has 1 aliphatic rings. The number of rotatable bonds is 1. The quantitative estimate of drug-likeness (QED) is 0.654. The van der Waals surface area contributed by atoms with Gasteiger partial charge in [0.05, 0.1) is 12.2 Å². The summed E-state index contributed by atoms with van der Waals surface area (Å²) in [5, 5.41) is 0. The van der Waals surface area contributed by atoms with Crippen molar-refractivity contribution < 1.29 is 4.74 Å². The van der Waals surface area contributed by atoms with E-state index in [2.05, 4.69) is 45.9 Å². The Hall–Kier alpha value is -0.820. The van der Waals surface area contributed by atoms with E-state index in [9.17, 15) is 0 Å². The summed E-state index contributed by atoms with van der Waals surface area (Å²) in [7, 11) is 0. The first-order chi connectivity index (χ1) is 6.59. The van der Waals surface area contributed by atoms with Gasteiger partial charge in [-0.2, -0.15) is 0 Å². The summed E-state index contributed by atoms with van der Waals surface area (Å²) in [5.41, 5.74) is 4.09. The van der Waals surface area contributed by atoms with E-state index in [0.717, 1.165) is 0 Å². The zero-order chi connectivity index (χ0) is 10.3. The molecule has 2 atom stereocenters. The Morgan fingerprint density at radius 2 is 1.93 bits per heavy atom. The molecule has 0 spiro atoms. The van der Waals surface area contributed by atoms with Gasteiger partial charge in [-0.05, 0) is 30.9 Å². The van der Waals surface area contributed by atoms with Crippen molar-refractivity contribution in [3.05, 3.63) is 34.9 Å². The summed E-state index contributed by atoms with van der Waals surface area (Å²) in [6.07, 6.45) is 0.554. The van der Waals surface area contributed by atoms with Gasteiger partial charge in [-0.1, -0.05) is 37.6 Å². The number of ether oxygens (including phenoxy) is 1. The van der Waals surface area contributed by atoms with Crippen LogP contribution < -0.4 is 0 Å². The molecule has 1 heterocycles. The molecule has 76 valence electrons. The lowest BCUT2D eigenvalue weighted by molar-refractivity contribution is -0.00454. The highest BCUT2D eigenvalue weighted by Gasteiger charge is 2.30. The summed E-state index contributed by atoms with van der Waals surface area (Å²) in [5.74, 6) is 0.557. The number of fused-ring (bicyclic) bond motifs is 1. The van der Waals surface area contributed by atoms with Crippen molar-refractivity contribution >= 4 is 0 Å². The highest BCUT2D eigenvalue weighted by Crippen LogP contribution is 2.42. The molecule has 0 saturated heterocycles. The maximum atomic E-state index is 5.95. The molecular formula is C13H18O. The van der Waals surface area contributed by atoms with E-state index in [-0.39, 0.29) is 6.10 Å². The van der Waals surface area contributed by atoms with Crippen molar-refractivity contribution in [3.63, 3.8) is 0 Å².